The molecule has 3 rings (SSSR count). The fraction of sp³-hybridized carbons (Fsp3) is 0.227. The van der Waals surface area contributed by atoms with Crippen molar-refractivity contribution in [2.24, 2.45) is 4.99 Å². The van der Waals surface area contributed by atoms with E-state index in [4.69, 9.17) is 0 Å². The number of nitrogens with zero attached hydrogens (tertiary/aromatic N) is 3. The van der Waals surface area contributed by atoms with Crippen LogP contribution in [0.5, 0.6) is 5.75 Å². The Hall–Kier alpha value is -3.40. The summed E-state index contributed by atoms with van der Waals surface area (Å²) in [4.78, 5) is 32.6. The van der Waals surface area contributed by atoms with Crippen LogP contribution in [-0.2, 0) is 9.59 Å². The standard InChI is InChI=1S/C22H22F2N4O3S/c1-25-19(29)13-32-22-26-18(12-14-4-6-15(7-5-14)27(2)3)20(30)28(22)16-8-10-17(11-9-16)31-21(23)24/h4-12,21H,13H2,1-3H3,(H,25,29). The van der Waals surface area contributed by atoms with Gasteiger partial charge in [-0.05, 0) is 48.0 Å². The molecule has 0 saturated carbocycles. The number of carbonyl (C=O) groups excluding carboxylic acids is 2. The van der Waals surface area contributed by atoms with Crippen molar-refractivity contribution in [1.82, 2.24) is 5.32 Å². The minimum absolute atomic E-state index is 0.0244. The van der Waals surface area contributed by atoms with E-state index in [2.05, 4.69) is 15.0 Å². The molecule has 0 atom stereocenters. The first-order valence-electron chi connectivity index (χ1n) is 9.59. The number of benzene rings is 2. The molecule has 1 N–H and O–H groups in total. The highest BCUT2D eigenvalue weighted by Gasteiger charge is 2.32. The van der Waals surface area contributed by atoms with Crippen LogP contribution >= 0.6 is 11.8 Å². The van der Waals surface area contributed by atoms with Gasteiger partial charge in [0.25, 0.3) is 5.91 Å². The van der Waals surface area contributed by atoms with Gasteiger partial charge < -0.3 is 15.0 Å². The Morgan fingerprint density at radius 1 is 1.19 bits per heavy atom. The molecule has 0 bridgehead atoms. The lowest BCUT2D eigenvalue weighted by molar-refractivity contribution is -0.118. The van der Waals surface area contributed by atoms with E-state index in [1.165, 1.54) is 36.2 Å². The molecule has 1 aliphatic rings. The van der Waals surface area contributed by atoms with Crippen LogP contribution in [0.4, 0.5) is 20.2 Å². The summed E-state index contributed by atoms with van der Waals surface area (Å²) < 4.78 is 29.2. The zero-order valence-electron chi connectivity index (χ0n) is 17.7. The number of carbonyl (C=O) groups is 2. The number of rotatable bonds is 7. The Morgan fingerprint density at radius 3 is 2.41 bits per heavy atom. The number of anilines is 2. The van der Waals surface area contributed by atoms with E-state index < -0.39 is 6.61 Å². The van der Waals surface area contributed by atoms with Crippen molar-refractivity contribution in [2.75, 3.05) is 36.7 Å². The van der Waals surface area contributed by atoms with E-state index in [9.17, 15) is 18.4 Å². The first-order valence-corrected chi connectivity index (χ1v) is 10.6. The van der Waals surface area contributed by atoms with E-state index in [-0.39, 0.29) is 29.0 Å². The second-order valence-corrected chi connectivity index (χ2v) is 7.83. The van der Waals surface area contributed by atoms with Crippen LogP contribution in [-0.4, -0.2) is 50.5 Å². The molecule has 32 heavy (non-hydrogen) atoms. The number of aliphatic imine (C=N–C) groups is 1. The minimum atomic E-state index is -2.94. The van der Waals surface area contributed by atoms with Crippen LogP contribution < -0.4 is 19.9 Å². The second kappa shape index (κ2) is 10.3. The minimum Gasteiger partial charge on any atom is -0.435 e. The zero-order valence-corrected chi connectivity index (χ0v) is 18.5. The maximum absolute atomic E-state index is 13.1. The normalized spacial score (nSPS) is 14.7. The fourth-order valence-electron chi connectivity index (χ4n) is 2.83. The van der Waals surface area contributed by atoms with Crippen molar-refractivity contribution in [3.05, 3.63) is 59.8 Å². The maximum Gasteiger partial charge on any atom is 0.387 e. The third-order valence-corrected chi connectivity index (χ3v) is 5.41. The molecule has 0 radical (unpaired) electrons. The van der Waals surface area contributed by atoms with Gasteiger partial charge >= 0.3 is 6.61 Å². The number of thioether (sulfide) groups is 1. The number of hydrogen-bond acceptors (Lipinski definition) is 6. The average Bonchev–Trinajstić information content (AvgIpc) is 3.07. The van der Waals surface area contributed by atoms with E-state index in [1.54, 1.807) is 6.08 Å². The molecule has 2 aromatic carbocycles. The molecule has 0 fully saturated rings. The highest BCUT2D eigenvalue weighted by molar-refractivity contribution is 8.14. The van der Waals surface area contributed by atoms with Gasteiger partial charge in [-0.15, -0.1) is 0 Å². The Balaban J connectivity index is 1.90. The van der Waals surface area contributed by atoms with Crippen molar-refractivity contribution < 1.29 is 23.1 Å². The third-order valence-electron chi connectivity index (χ3n) is 4.47. The molecule has 0 spiro atoms. The number of hydrogen-bond donors (Lipinski definition) is 1. The largest absolute Gasteiger partial charge is 0.435 e. The highest BCUT2D eigenvalue weighted by Crippen LogP contribution is 2.31. The van der Waals surface area contributed by atoms with Gasteiger partial charge in [-0.3, -0.25) is 14.5 Å². The summed E-state index contributed by atoms with van der Waals surface area (Å²) in [6, 6.07) is 13.3. The molecular formula is C22H22F2N4O3S. The molecule has 0 unspecified atom stereocenters. The zero-order chi connectivity index (χ0) is 23.3. The molecule has 2 amide bonds. The number of nitrogens with one attached hydrogen (secondary N) is 1. The molecule has 168 valence electrons. The van der Waals surface area contributed by atoms with Gasteiger partial charge in [-0.25, -0.2) is 4.99 Å². The quantitative estimate of drug-likeness (QED) is 0.640. The third kappa shape index (κ3) is 5.64. The Morgan fingerprint density at radius 2 is 1.84 bits per heavy atom. The van der Waals surface area contributed by atoms with Crippen LogP contribution in [0.25, 0.3) is 6.08 Å². The monoisotopic (exact) mass is 460 g/mol. The fourth-order valence-corrected chi connectivity index (χ4v) is 3.71. The summed E-state index contributed by atoms with van der Waals surface area (Å²) in [5, 5.41) is 2.84. The van der Waals surface area contributed by atoms with E-state index in [0.717, 1.165) is 23.0 Å². The van der Waals surface area contributed by atoms with E-state index in [1.807, 2.05) is 43.3 Å². The SMILES string of the molecule is CNC(=O)CSC1=NC(=Cc2ccc(N(C)C)cc2)C(=O)N1c1ccc(OC(F)F)cc1. The topological polar surface area (TPSA) is 74.2 Å². The Bertz CT molecular complexity index is 1040. The molecule has 0 aromatic heterocycles. The summed E-state index contributed by atoms with van der Waals surface area (Å²) in [5.74, 6) is -0.564. The summed E-state index contributed by atoms with van der Waals surface area (Å²) in [6.45, 7) is -2.94. The van der Waals surface area contributed by atoms with Crippen LogP contribution in [0.3, 0.4) is 0 Å². The summed E-state index contributed by atoms with van der Waals surface area (Å²) in [6.07, 6.45) is 1.66. The molecule has 7 nitrogen and oxygen atoms in total. The van der Waals surface area contributed by atoms with Gasteiger partial charge in [-0.2, -0.15) is 8.78 Å². The Kier molecular flexibility index (Phi) is 7.47. The van der Waals surface area contributed by atoms with Gasteiger partial charge in [0.2, 0.25) is 5.91 Å². The van der Waals surface area contributed by atoms with Gasteiger partial charge in [0.15, 0.2) is 5.17 Å². The predicted octanol–water partition coefficient (Wildman–Crippen LogP) is 3.58. The molecule has 0 aliphatic carbocycles. The average molecular weight is 461 g/mol. The lowest BCUT2D eigenvalue weighted by Crippen LogP contribution is -2.31. The maximum atomic E-state index is 13.1. The van der Waals surface area contributed by atoms with Crippen LogP contribution in [0, 0.1) is 0 Å². The first-order chi connectivity index (χ1) is 15.3. The van der Waals surface area contributed by atoms with Gasteiger partial charge in [0.05, 0.1) is 11.4 Å². The summed E-state index contributed by atoms with van der Waals surface area (Å²) in [5.41, 5.74) is 2.44. The van der Waals surface area contributed by atoms with E-state index in [0.29, 0.717) is 10.9 Å². The summed E-state index contributed by atoms with van der Waals surface area (Å²) >= 11 is 1.10. The highest BCUT2D eigenvalue weighted by atomic mass is 32.2. The van der Waals surface area contributed by atoms with Gasteiger partial charge in [-0.1, -0.05) is 23.9 Å². The van der Waals surface area contributed by atoms with Crippen molar-refractivity contribution in [1.29, 1.82) is 0 Å². The Labute approximate surface area is 188 Å². The summed E-state index contributed by atoms with van der Waals surface area (Å²) in [7, 11) is 5.39. The molecule has 0 saturated heterocycles. The molecule has 10 heteroatoms. The van der Waals surface area contributed by atoms with Crippen molar-refractivity contribution >= 4 is 46.2 Å². The van der Waals surface area contributed by atoms with Crippen molar-refractivity contribution in [2.45, 2.75) is 6.61 Å². The number of amides is 2. The van der Waals surface area contributed by atoms with Crippen molar-refractivity contribution in [3.8, 4) is 5.75 Å². The van der Waals surface area contributed by atoms with Crippen molar-refractivity contribution in [3.63, 3.8) is 0 Å². The molecular weight excluding hydrogens is 438 g/mol. The van der Waals surface area contributed by atoms with Crippen LogP contribution in [0.1, 0.15) is 5.56 Å². The number of halogens is 2. The van der Waals surface area contributed by atoms with Crippen LogP contribution in [0.2, 0.25) is 0 Å². The smallest absolute Gasteiger partial charge is 0.387 e. The number of alkyl halides is 2. The van der Waals surface area contributed by atoms with Crippen LogP contribution in [0.15, 0.2) is 59.2 Å². The van der Waals surface area contributed by atoms with Gasteiger partial charge in [0.1, 0.15) is 11.4 Å². The van der Waals surface area contributed by atoms with E-state index >= 15 is 0 Å². The second-order valence-electron chi connectivity index (χ2n) is 6.88. The molecule has 1 heterocycles. The lowest BCUT2D eigenvalue weighted by atomic mass is 10.1. The molecule has 1 aliphatic heterocycles. The predicted molar refractivity (Wildman–Crippen MR) is 123 cm³/mol. The van der Waals surface area contributed by atoms with Gasteiger partial charge in [0, 0.05) is 26.8 Å². The first kappa shape index (κ1) is 23.3. The number of amidine groups is 1. The lowest BCUT2D eigenvalue weighted by Gasteiger charge is -2.18. The number of ether oxygens (including phenoxy) is 1. The molecule has 2 aromatic rings.